The topological polar surface area (TPSA) is 57.1 Å². The van der Waals surface area contributed by atoms with Crippen LogP contribution in [0.5, 0.6) is 11.5 Å². The number of esters is 1. The van der Waals surface area contributed by atoms with Gasteiger partial charge in [0.15, 0.2) is 5.70 Å². The first-order chi connectivity index (χ1) is 11.6. The number of cyclic esters (lactones) is 1. The molecular weight excluding hydrogens is 374 g/mol. The molecule has 2 aromatic carbocycles. The molecule has 1 aliphatic rings. The van der Waals surface area contributed by atoms with Gasteiger partial charge in [-0.1, -0.05) is 34.1 Å². The van der Waals surface area contributed by atoms with Crippen LogP contribution in [0.15, 0.2) is 57.6 Å². The lowest BCUT2D eigenvalue weighted by Crippen LogP contribution is -2.08. The lowest BCUT2D eigenvalue weighted by molar-refractivity contribution is -0.129. The molecule has 5 nitrogen and oxygen atoms in total. The predicted molar refractivity (Wildman–Crippen MR) is 94.3 cm³/mol. The Balaban J connectivity index is 2.04. The summed E-state index contributed by atoms with van der Waals surface area (Å²) in [6, 6.07) is 12.8. The molecule has 0 atom stereocenters. The maximum absolute atomic E-state index is 12.1. The van der Waals surface area contributed by atoms with Crippen LogP contribution in [0, 0.1) is 0 Å². The van der Waals surface area contributed by atoms with Gasteiger partial charge >= 0.3 is 5.97 Å². The summed E-state index contributed by atoms with van der Waals surface area (Å²) in [5.74, 6) is 0.683. The molecule has 0 saturated heterocycles. The zero-order chi connectivity index (χ0) is 17.1. The molecule has 1 heterocycles. The summed E-state index contributed by atoms with van der Waals surface area (Å²) in [5, 5.41) is 0. The Morgan fingerprint density at radius 1 is 1.08 bits per heavy atom. The summed E-state index contributed by atoms with van der Waals surface area (Å²) in [7, 11) is 3.07. The van der Waals surface area contributed by atoms with Gasteiger partial charge in [-0.25, -0.2) is 9.79 Å². The molecule has 0 amide bonds. The Bertz CT molecular complexity index is 836. The zero-order valence-corrected chi connectivity index (χ0v) is 14.7. The quantitative estimate of drug-likeness (QED) is 0.591. The molecule has 0 saturated carbocycles. The Morgan fingerprint density at radius 2 is 1.75 bits per heavy atom. The zero-order valence-electron chi connectivity index (χ0n) is 13.1. The normalized spacial score (nSPS) is 15.2. The van der Waals surface area contributed by atoms with E-state index in [1.807, 2.05) is 24.3 Å². The van der Waals surface area contributed by atoms with Crippen LogP contribution < -0.4 is 9.47 Å². The smallest absolute Gasteiger partial charge is 0.363 e. The SMILES string of the molecule is COc1cccc(OC)c1C1=N/C(=C/c2cccc(Br)c2)C(=O)O1. The number of nitrogens with zero attached hydrogens (tertiary/aromatic N) is 1. The lowest BCUT2D eigenvalue weighted by Gasteiger charge is -2.11. The minimum Gasteiger partial charge on any atom is -0.496 e. The fourth-order valence-corrected chi connectivity index (χ4v) is 2.75. The van der Waals surface area contributed by atoms with Crippen molar-refractivity contribution in [3.63, 3.8) is 0 Å². The average Bonchev–Trinajstić information content (AvgIpc) is 2.94. The summed E-state index contributed by atoms with van der Waals surface area (Å²) < 4.78 is 16.9. The second-order valence-corrected chi connectivity index (χ2v) is 5.84. The van der Waals surface area contributed by atoms with Crippen LogP contribution in [0.1, 0.15) is 11.1 Å². The molecule has 0 bridgehead atoms. The number of methoxy groups -OCH3 is 2. The van der Waals surface area contributed by atoms with Crippen molar-refractivity contribution in [2.75, 3.05) is 14.2 Å². The highest BCUT2D eigenvalue weighted by Crippen LogP contribution is 2.32. The number of benzene rings is 2. The van der Waals surface area contributed by atoms with E-state index in [2.05, 4.69) is 20.9 Å². The molecule has 122 valence electrons. The molecule has 0 radical (unpaired) electrons. The first kappa shape index (κ1) is 16.3. The number of hydrogen-bond acceptors (Lipinski definition) is 5. The molecule has 0 aromatic heterocycles. The van der Waals surface area contributed by atoms with Gasteiger partial charge < -0.3 is 14.2 Å². The summed E-state index contributed by atoms with van der Waals surface area (Å²) >= 11 is 3.40. The fraction of sp³-hybridized carbons (Fsp3) is 0.111. The van der Waals surface area contributed by atoms with E-state index in [0.717, 1.165) is 10.0 Å². The third kappa shape index (κ3) is 3.19. The van der Waals surface area contributed by atoms with E-state index >= 15 is 0 Å². The van der Waals surface area contributed by atoms with E-state index in [1.54, 1.807) is 24.3 Å². The lowest BCUT2D eigenvalue weighted by atomic mass is 10.1. The third-order valence-corrected chi connectivity index (χ3v) is 3.91. The minimum absolute atomic E-state index is 0.163. The number of carbonyl (C=O) groups excluding carboxylic acids is 1. The van der Waals surface area contributed by atoms with E-state index in [4.69, 9.17) is 14.2 Å². The van der Waals surface area contributed by atoms with Gasteiger partial charge in [-0.3, -0.25) is 0 Å². The summed E-state index contributed by atoms with van der Waals surface area (Å²) in [6.07, 6.45) is 1.67. The van der Waals surface area contributed by atoms with Gasteiger partial charge in [0.05, 0.1) is 14.2 Å². The van der Waals surface area contributed by atoms with Crippen LogP contribution in [-0.4, -0.2) is 26.1 Å². The minimum atomic E-state index is -0.516. The van der Waals surface area contributed by atoms with Crippen LogP contribution in [0.3, 0.4) is 0 Å². The summed E-state index contributed by atoms with van der Waals surface area (Å²) in [6.45, 7) is 0. The molecule has 24 heavy (non-hydrogen) atoms. The summed E-state index contributed by atoms with van der Waals surface area (Å²) in [5.41, 5.74) is 1.57. The average molecular weight is 388 g/mol. The van der Waals surface area contributed by atoms with Gasteiger partial charge in [-0.2, -0.15) is 0 Å². The summed E-state index contributed by atoms with van der Waals surface area (Å²) in [4.78, 5) is 16.5. The fourth-order valence-electron chi connectivity index (χ4n) is 2.33. The van der Waals surface area contributed by atoms with Crippen LogP contribution in [0.4, 0.5) is 0 Å². The van der Waals surface area contributed by atoms with Crippen molar-refractivity contribution in [3.8, 4) is 11.5 Å². The van der Waals surface area contributed by atoms with Gasteiger partial charge in [-0.15, -0.1) is 0 Å². The molecule has 0 aliphatic carbocycles. The highest BCUT2D eigenvalue weighted by atomic mass is 79.9. The van der Waals surface area contributed by atoms with Gasteiger partial charge in [0.25, 0.3) is 0 Å². The highest BCUT2D eigenvalue weighted by molar-refractivity contribution is 9.10. The van der Waals surface area contributed by atoms with Gasteiger partial charge in [0, 0.05) is 4.47 Å². The standard InChI is InChI=1S/C18H14BrNO4/c1-22-14-7-4-8-15(23-2)16(14)17-20-13(18(21)24-17)10-11-5-3-6-12(19)9-11/h3-10H,1-2H3/b13-10+. The Morgan fingerprint density at radius 3 is 2.38 bits per heavy atom. The van der Waals surface area contributed by atoms with E-state index in [0.29, 0.717) is 17.1 Å². The number of halogens is 1. The largest absolute Gasteiger partial charge is 0.496 e. The van der Waals surface area contributed by atoms with Crippen molar-refractivity contribution in [2.45, 2.75) is 0 Å². The van der Waals surface area contributed by atoms with Crippen molar-refractivity contribution in [3.05, 3.63) is 63.8 Å². The molecule has 0 spiro atoms. The van der Waals surface area contributed by atoms with Gasteiger partial charge in [0.2, 0.25) is 5.90 Å². The number of aliphatic imine (C=N–C) groups is 1. The molecule has 0 fully saturated rings. The highest BCUT2D eigenvalue weighted by Gasteiger charge is 2.28. The van der Waals surface area contributed by atoms with Crippen LogP contribution in [0.2, 0.25) is 0 Å². The molecule has 6 heteroatoms. The van der Waals surface area contributed by atoms with E-state index in [9.17, 15) is 4.79 Å². The third-order valence-electron chi connectivity index (χ3n) is 3.41. The predicted octanol–water partition coefficient (Wildman–Crippen LogP) is 3.81. The maximum Gasteiger partial charge on any atom is 0.363 e. The Hall–Kier alpha value is -2.60. The number of rotatable bonds is 4. The Labute approximate surface area is 147 Å². The van der Waals surface area contributed by atoms with Crippen molar-refractivity contribution >= 4 is 33.9 Å². The van der Waals surface area contributed by atoms with E-state index in [-0.39, 0.29) is 11.6 Å². The molecule has 0 unspecified atom stereocenters. The van der Waals surface area contributed by atoms with Crippen molar-refractivity contribution in [2.24, 2.45) is 4.99 Å². The molecule has 0 N–H and O–H groups in total. The monoisotopic (exact) mass is 387 g/mol. The second kappa shape index (κ2) is 6.88. The first-order valence-electron chi connectivity index (χ1n) is 7.12. The molecule has 1 aliphatic heterocycles. The number of hydrogen-bond donors (Lipinski definition) is 0. The van der Waals surface area contributed by atoms with Crippen LogP contribution >= 0.6 is 15.9 Å². The van der Waals surface area contributed by atoms with Crippen molar-refractivity contribution in [1.82, 2.24) is 0 Å². The molecule has 2 aromatic rings. The Kier molecular flexibility index (Phi) is 4.66. The maximum atomic E-state index is 12.1. The number of ether oxygens (including phenoxy) is 3. The molecule has 3 rings (SSSR count). The number of carbonyl (C=O) groups is 1. The second-order valence-electron chi connectivity index (χ2n) is 4.93. The van der Waals surface area contributed by atoms with E-state index < -0.39 is 5.97 Å². The molecular formula is C18H14BrNO4. The van der Waals surface area contributed by atoms with Gasteiger partial charge in [0.1, 0.15) is 17.1 Å². The van der Waals surface area contributed by atoms with Crippen LogP contribution in [-0.2, 0) is 9.53 Å². The van der Waals surface area contributed by atoms with Crippen molar-refractivity contribution < 1.29 is 19.0 Å². The first-order valence-corrected chi connectivity index (χ1v) is 7.91. The van der Waals surface area contributed by atoms with Gasteiger partial charge in [-0.05, 0) is 35.9 Å². The van der Waals surface area contributed by atoms with E-state index in [1.165, 1.54) is 14.2 Å². The van der Waals surface area contributed by atoms with Crippen molar-refractivity contribution in [1.29, 1.82) is 0 Å². The van der Waals surface area contributed by atoms with Crippen LogP contribution in [0.25, 0.3) is 6.08 Å².